The van der Waals surface area contributed by atoms with E-state index in [4.69, 9.17) is 11.6 Å². The van der Waals surface area contributed by atoms with Crippen LogP contribution < -0.4 is 10.5 Å². The van der Waals surface area contributed by atoms with Crippen LogP contribution in [-0.2, 0) is 6.54 Å². The van der Waals surface area contributed by atoms with E-state index in [2.05, 4.69) is 10.2 Å². The van der Waals surface area contributed by atoms with Gasteiger partial charge in [0.25, 0.3) is 5.56 Å². The molecule has 0 saturated carbocycles. The van der Waals surface area contributed by atoms with Crippen molar-refractivity contribution in [2.45, 2.75) is 6.54 Å². The van der Waals surface area contributed by atoms with Gasteiger partial charge in [-0.1, -0.05) is 17.7 Å². The number of piperazine rings is 1. The lowest BCUT2D eigenvalue weighted by Gasteiger charge is -2.36. The quantitative estimate of drug-likeness (QED) is 0.929. The Morgan fingerprint density at radius 2 is 1.83 bits per heavy atom. The molecule has 1 saturated heterocycles. The van der Waals surface area contributed by atoms with Crippen LogP contribution in [0.2, 0.25) is 5.02 Å². The molecular weight excluding hydrogens is 326 g/mol. The number of nitrogens with one attached hydrogen (secondary N) is 1. The number of benzene rings is 1. The van der Waals surface area contributed by atoms with Crippen molar-refractivity contribution in [3.63, 3.8) is 0 Å². The molecule has 3 rings (SSSR count). The van der Waals surface area contributed by atoms with Crippen LogP contribution in [0.15, 0.2) is 29.2 Å². The zero-order valence-corrected chi connectivity index (χ0v) is 13.0. The molecule has 1 aliphatic heterocycles. The molecule has 0 spiro atoms. The minimum Gasteiger partial charge on any atom is -0.366 e. The summed E-state index contributed by atoms with van der Waals surface area (Å²) in [7, 11) is 0. The van der Waals surface area contributed by atoms with Gasteiger partial charge in [-0.25, -0.2) is 13.9 Å². The number of hydrogen-bond donors (Lipinski definition) is 1. The third kappa shape index (κ3) is 3.35. The summed E-state index contributed by atoms with van der Waals surface area (Å²) in [6, 6.07) is 3.88. The fraction of sp³-hybridized carbons (Fsp3) is 0.333. The van der Waals surface area contributed by atoms with Crippen molar-refractivity contribution in [3.8, 4) is 0 Å². The highest BCUT2D eigenvalue weighted by Crippen LogP contribution is 2.23. The molecule has 122 valence electrons. The van der Waals surface area contributed by atoms with Gasteiger partial charge in [-0.3, -0.25) is 9.69 Å². The highest BCUT2D eigenvalue weighted by molar-refractivity contribution is 6.32. The van der Waals surface area contributed by atoms with E-state index in [0.29, 0.717) is 31.9 Å². The predicted octanol–water partition coefficient (Wildman–Crippen LogP) is 2.02. The van der Waals surface area contributed by atoms with E-state index in [0.717, 1.165) is 0 Å². The van der Waals surface area contributed by atoms with Gasteiger partial charge in [-0.2, -0.15) is 5.10 Å². The van der Waals surface area contributed by atoms with Gasteiger partial charge < -0.3 is 4.90 Å². The van der Waals surface area contributed by atoms with Crippen molar-refractivity contribution in [1.29, 1.82) is 0 Å². The van der Waals surface area contributed by atoms with Crippen molar-refractivity contribution in [3.05, 3.63) is 57.0 Å². The molecule has 8 heteroatoms. The van der Waals surface area contributed by atoms with Crippen molar-refractivity contribution in [2.24, 2.45) is 0 Å². The summed E-state index contributed by atoms with van der Waals surface area (Å²) in [4.78, 5) is 15.4. The largest absolute Gasteiger partial charge is 0.366 e. The third-order valence-electron chi connectivity index (χ3n) is 3.93. The third-order valence-corrected chi connectivity index (χ3v) is 4.30. The molecule has 2 aromatic rings. The Morgan fingerprint density at radius 1 is 1.17 bits per heavy atom. The van der Waals surface area contributed by atoms with Gasteiger partial charge in [0.1, 0.15) is 16.7 Å². The standard InChI is InChI=1S/C15H15ClF2N4O/c16-14-13(8-19-20-15(14)23)22-6-4-21(5-7-22)9-10-11(17)2-1-3-12(10)18/h1-3,8H,4-7,9H2,(H,20,23). The van der Waals surface area contributed by atoms with Gasteiger partial charge in [-0.15, -0.1) is 0 Å². The van der Waals surface area contributed by atoms with Crippen LogP contribution in [0, 0.1) is 11.6 Å². The molecule has 23 heavy (non-hydrogen) atoms. The molecule has 0 amide bonds. The number of anilines is 1. The van der Waals surface area contributed by atoms with Crippen LogP contribution in [0.25, 0.3) is 0 Å². The molecule has 0 radical (unpaired) electrons. The van der Waals surface area contributed by atoms with Crippen LogP contribution in [-0.4, -0.2) is 41.3 Å². The normalized spacial score (nSPS) is 15.9. The number of halogens is 3. The maximum Gasteiger partial charge on any atom is 0.285 e. The van der Waals surface area contributed by atoms with E-state index in [-0.39, 0.29) is 17.1 Å². The molecular formula is C15H15ClF2N4O. The number of nitrogens with zero attached hydrogens (tertiary/aromatic N) is 3. The first-order valence-electron chi connectivity index (χ1n) is 7.19. The van der Waals surface area contributed by atoms with Crippen LogP contribution >= 0.6 is 11.6 Å². The molecule has 0 aliphatic carbocycles. The molecule has 5 nitrogen and oxygen atoms in total. The molecule has 1 N–H and O–H groups in total. The van der Waals surface area contributed by atoms with Gasteiger partial charge in [0.15, 0.2) is 0 Å². The Morgan fingerprint density at radius 3 is 2.48 bits per heavy atom. The monoisotopic (exact) mass is 340 g/mol. The molecule has 0 unspecified atom stereocenters. The fourth-order valence-corrected chi connectivity index (χ4v) is 2.86. The second-order valence-corrected chi connectivity index (χ2v) is 5.74. The van der Waals surface area contributed by atoms with Crippen LogP contribution in [0.5, 0.6) is 0 Å². The van der Waals surface area contributed by atoms with Crippen molar-refractivity contribution in [2.75, 3.05) is 31.1 Å². The maximum absolute atomic E-state index is 13.7. The predicted molar refractivity (Wildman–Crippen MR) is 83.7 cm³/mol. The average Bonchev–Trinajstić information content (AvgIpc) is 2.54. The number of H-pyrrole nitrogens is 1. The highest BCUT2D eigenvalue weighted by atomic mass is 35.5. The van der Waals surface area contributed by atoms with Gasteiger partial charge in [-0.05, 0) is 12.1 Å². The number of aromatic amines is 1. The van der Waals surface area contributed by atoms with E-state index in [9.17, 15) is 13.6 Å². The lowest BCUT2D eigenvalue weighted by atomic mass is 10.1. The lowest BCUT2D eigenvalue weighted by molar-refractivity contribution is 0.243. The Balaban J connectivity index is 1.67. The summed E-state index contributed by atoms with van der Waals surface area (Å²) in [6.45, 7) is 2.63. The first kappa shape index (κ1) is 15.9. The van der Waals surface area contributed by atoms with E-state index in [1.165, 1.54) is 24.4 Å². The SMILES string of the molecule is O=c1[nH]ncc(N2CCN(Cc3c(F)cccc3F)CC2)c1Cl. The molecule has 1 aliphatic rings. The lowest BCUT2D eigenvalue weighted by Crippen LogP contribution is -2.46. The van der Waals surface area contributed by atoms with E-state index in [1.54, 1.807) is 0 Å². The zero-order valence-electron chi connectivity index (χ0n) is 12.2. The summed E-state index contributed by atoms with van der Waals surface area (Å²) in [5, 5.41) is 6.13. The van der Waals surface area contributed by atoms with Crippen molar-refractivity contribution in [1.82, 2.24) is 15.1 Å². The number of rotatable bonds is 3. The van der Waals surface area contributed by atoms with E-state index < -0.39 is 17.2 Å². The number of aromatic nitrogens is 2. The average molecular weight is 341 g/mol. The van der Waals surface area contributed by atoms with Gasteiger partial charge in [0.2, 0.25) is 0 Å². The minimum atomic E-state index is -0.533. The van der Waals surface area contributed by atoms with Crippen molar-refractivity contribution >= 4 is 17.3 Å². The summed E-state index contributed by atoms with van der Waals surface area (Å²) < 4.78 is 27.4. The molecule has 1 aromatic carbocycles. The fourth-order valence-electron chi connectivity index (χ4n) is 2.65. The molecule has 2 heterocycles. The second kappa shape index (κ2) is 6.64. The topological polar surface area (TPSA) is 52.2 Å². The Hall–Kier alpha value is -1.99. The van der Waals surface area contributed by atoms with E-state index >= 15 is 0 Å². The van der Waals surface area contributed by atoms with Gasteiger partial charge in [0.05, 0.1) is 11.9 Å². The molecule has 1 aromatic heterocycles. The second-order valence-electron chi connectivity index (χ2n) is 5.36. The highest BCUT2D eigenvalue weighted by Gasteiger charge is 2.22. The summed E-state index contributed by atoms with van der Waals surface area (Å²) in [5.41, 5.74) is 0.226. The van der Waals surface area contributed by atoms with Crippen LogP contribution in [0.3, 0.4) is 0 Å². The molecule has 0 atom stereocenters. The van der Waals surface area contributed by atoms with E-state index in [1.807, 2.05) is 9.80 Å². The smallest absolute Gasteiger partial charge is 0.285 e. The van der Waals surface area contributed by atoms with Gasteiger partial charge >= 0.3 is 0 Å². The summed E-state index contributed by atoms with van der Waals surface area (Å²) in [5.74, 6) is -1.07. The first-order chi connectivity index (χ1) is 11.1. The Kier molecular flexibility index (Phi) is 4.58. The Labute approximate surface area is 136 Å². The maximum atomic E-state index is 13.7. The van der Waals surface area contributed by atoms with Crippen molar-refractivity contribution < 1.29 is 8.78 Å². The van der Waals surface area contributed by atoms with Crippen LogP contribution in [0.1, 0.15) is 5.56 Å². The summed E-state index contributed by atoms with van der Waals surface area (Å²) >= 11 is 6.00. The first-order valence-corrected chi connectivity index (χ1v) is 7.57. The molecule has 0 bridgehead atoms. The summed E-state index contributed by atoms with van der Waals surface area (Å²) in [6.07, 6.45) is 1.51. The van der Waals surface area contributed by atoms with Gasteiger partial charge in [0, 0.05) is 38.3 Å². The minimum absolute atomic E-state index is 0.0804. The number of hydrogen-bond acceptors (Lipinski definition) is 4. The Bertz CT molecular complexity index is 739. The zero-order chi connectivity index (χ0) is 16.4. The van der Waals surface area contributed by atoms with Crippen LogP contribution in [0.4, 0.5) is 14.5 Å². The molecule has 1 fully saturated rings.